The minimum Gasteiger partial charge on any atom is -0.496 e. The quantitative estimate of drug-likeness (QED) is 0.676. The molecule has 5 nitrogen and oxygen atoms in total. The summed E-state index contributed by atoms with van der Waals surface area (Å²) in [4.78, 5) is 9.08. The molecule has 1 saturated carbocycles. The molecule has 132 valence electrons. The number of hydrogen-bond donors (Lipinski definition) is 1. The summed E-state index contributed by atoms with van der Waals surface area (Å²) in [6.07, 6.45) is 3.81. The molecule has 0 amide bonds. The van der Waals surface area contributed by atoms with Crippen molar-refractivity contribution in [1.82, 2.24) is 15.1 Å². The monoisotopic (exact) mass is 334 g/mol. The van der Waals surface area contributed by atoms with Gasteiger partial charge >= 0.3 is 0 Å². The van der Waals surface area contributed by atoms with Crippen molar-refractivity contribution in [2.24, 2.45) is 4.99 Å². The Morgan fingerprint density at radius 1 is 1.29 bits per heavy atom. The van der Waals surface area contributed by atoms with Crippen molar-refractivity contribution in [3.05, 3.63) is 29.6 Å². The third-order valence-electron chi connectivity index (χ3n) is 4.96. The van der Waals surface area contributed by atoms with Gasteiger partial charge in [-0.15, -0.1) is 0 Å². The number of methoxy groups -OCH3 is 1. The van der Waals surface area contributed by atoms with Crippen molar-refractivity contribution in [3.63, 3.8) is 0 Å². The summed E-state index contributed by atoms with van der Waals surface area (Å²) < 4.78 is 18.9. The molecular formula is C18H27FN4O. The van der Waals surface area contributed by atoms with Gasteiger partial charge in [-0.2, -0.15) is 0 Å². The van der Waals surface area contributed by atoms with Crippen molar-refractivity contribution < 1.29 is 9.13 Å². The Labute approximate surface area is 143 Å². The van der Waals surface area contributed by atoms with E-state index in [2.05, 4.69) is 20.1 Å². The minimum absolute atomic E-state index is 0.213. The summed E-state index contributed by atoms with van der Waals surface area (Å²) in [5.74, 6) is 1.55. The summed E-state index contributed by atoms with van der Waals surface area (Å²) in [7, 11) is 3.48. The first-order chi connectivity index (χ1) is 11.7. The van der Waals surface area contributed by atoms with Crippen LogP contribution >= 0.6 is 0 Å². The van der Waals surface area contributed by atoms with Crippen LogP contribution in [0.25, 0.3) is 0 Å². The normalized spacial score (nSPS) is 20.0. The van der Waals surface area contributed by atoms with Crippen LogP contribution in [-0.4, -0.2) is 62.1 Å². The van der Waals surface area contributed by atoms with Gasteiger partial charge in [-0.1, -0.05) is 0 Å². The van der Waals surface area contributed by atoms with Crippen LogP contribution in [0.15, 0.2) is 23.2 Å². The lowest BCUT2D eigenvalue weighted by Gasteiger charge is -2.39. The third-order valence-corrected chi connectivity index (χ3v) is 4.96. The van der Waals surface area contributed by atoms with Gasteiger partial charge in [0, 0.05) is 51.4 Å². The number of piperazine rings is 1. The van der Waals surface area contributed by atoms with Gasteiger partial charge in [0.25, 0.3) is 0 Å². The predicted molar refractivity (Wildman–Crippen MR) is 93.9 cm³/mol. The smallest absolute Gasteiger partial charge is 0.193 e. The Kier molecular flexibility index (Phi) is 5.56. The van der Waals surface area contributed by atoms with Gasteiger partial charge < -0.3 is 15.0 Å². The van der Waals surface area contributed by atoms with E-state index in [4.69, 9.17) is 4.74 Å². The number of halogens is 1. The van der Waals surface area contributed by atoms with Gasteiger partial charge in [-0.05, 0) is 37.5 Å². The van der Waals surface area contributed by atoms with E-state index in [-0.39, 0.29) is 5.82 Å². The molecule has 0 aromatic heterocycles. The SMILES string of the molecule is CN=C(NC1CCC1)N1CCN(Cc2cc(F)ccc2OC)CC1. The Balaban J connectivity index is 1.54. The molecule has 3 rings (SSSR count). The van der Waals surface area contributed by atoms with Crippen molar-refractivity contribution >= 4 is 5.96 Å². The first-order valence-electron chi connectivity index (χ1n) is 8.72. The minimum atomic E-state index is -0.213. The molecule has 1 N–H and O–H groups in total. The Bertz CT molecular complexity index is 580. The van der Waals surface area contributed by atoms with E-state index in [9.17, 15) is 4.39 Å². The molecule has 1 aliphatic carbocycles. The molecule has 1 saturated heterocycles. The number of ether oxygens (including phenoxy) is 1. The van der Waals surface area contributed by atoms with Crippen LogP contribution in [0.5, 0.6) is 5.75 Å². The fraction of sp³-hybridized carbons (Fsp3) is 0.611. The van der Waals surface area contributed by atoms with Gasteiger partial charge in [0.1, 0.15) is 11.6 Å². The second-order valence-corrected chi connectivity index (χ2v) is 6.54. The zero-order valence-electron chi connectivity index (χ0n) is 14.6. The first kappa shape index (κ1) is 17.0. The fourth-order valence-electron chi connectivity index (χ4n) is 3.26. The fourth-order valence-corrected chi connectivity index (χ4v) is 3.26. The average molecular weight is 334 g/mol. The van der Waals surface area contributed by atoms with E-state index in [1.54, 1.807) is 19.2 Å². The Morgan fingerprint density at radius 3 is 2.62 bits per heavy atom. The van der Waals surface area contributed by atoms with E-state index in [1.165, 1.54) is 25.3 Å². The van der Waals surface area contributed by atoms with Gasteiger partial charge in [-0.3, -0.25) is 9.89 Å². The van der Waals surface area contributed by atoms with Gasteiger partial charge in [0.2, 0.25) is 0 Å². The van der Waals surface area contributed by atoms with Crippen molar-refractivity contribution in [2.75, 3.05) is 40.3 Å². The van der Waals surface area contributed by atoms with E-state index in [0.717, 1.165) is 43.5 Å². The highest BCUT2D eigenvalue weighted by Gasteiger charge is 2.24. The largest absolute Gasteiger partial charge is 0.496 e. The number of rotatable bonds is 4. The number of nitrogens with one attached hydrogen (secondary N) is 1. The second-order valence-electron chi connectivity index (χ2n) is 6.54. The molecule has 2 aliphatic rings. The molecule has 1 heterocycles. The molecule has 6 heteroatoms. The highest BCUT2D eigenvalue weighted by atomic mass is 19.1. The molecule has 1 aromatic rings. The number of guanidine groups is 1. The predicted octanol–water partition coefficient (Wildman–Crippen LogP) is 2.08. The van der Waals surface area contributed by atoms with Gasteiger partial charge in [0.05, 0.1) is 7.11 Å². The van der Waals surface area contributed by atoms with Crippen LogP contribution in [0.3, 0.4) is 0 Å². The van der Waals surface area contributed by atoms with Gasteiger partial charge in [0.15, 0.2) is 5.96 Å². The van der Waals surface area contributed by atoms with Crippen LogP contribution in [0.4, 0.5) is 4.39 Å². The molecule has 0 spiro atoms. The molecule has 0 radical (unpaired) electrons. The van der Waals surface area contributed by atoms with Crippen LogP contribution in [0.1, 0.15) is 24.8 Å². The summed E-state index contributed by atoms with van der Waals surface area (Å²) in [6, 6.07) is 5.31. The maximum Gasteiger partial charge on any atom is 0.193 e. The summed E-state index contributed by atoms with van der Waals surface area (Å²) in [6.45, 7) is 4.45. The zero-order chi connectivity index (χ0) is 16.9. The maximum atomic E-state index is 13.5. The van der Waals surface area contributed by atoms with E-state index >= 15 is 0 Å². The molecule has 0 atom stereocenters. The lowest BCUT2D eigenvalue weighted by molar-refractivity contribution is 0.169. The van der Waals surface area contributed by atoms with Crippen LogP contribution in [0.2, 0.25) is 0 Å². The lowest BCUT2D eigenvalue weighted by Crippen LogP contribution is -2.54. The maximum absolute atomic E-state index is 13.5. The number of benzene rings is 1. The highest BCUT2D eigenvalue weighted by Crippen LogP contribution is 2.22. The molecule has 1 aliphatic heterocycles. The summed E-state index contributed by atoms with van der Waals surface area (Å²) >= 11 is 0. The average Bonchev–Trinajstić information content (AvgIpc) is 2.55. The molecule has 2 fully saturated rings. The Hall–Kier alpha value is -1.82. The van der Waals surface area contributed by atoms with Crippen LogP contribution < -0.4 is 10.1 Å². The highest BCUT2D eigenvalue weighted by molar-refractivity contribution is 5.80. The standard InChI is InChI=1S/C18H27FN4O/c1-20-18(21-16-4-3-5-16)23-10-8-22(9-11-23)13-14-12-15(19)6-7-17(14)24-2/h6-7,12,16H,3-5,8-11,13H2,1-2H3,(H,20,21). The molecule has 0 bridgehead atoms. The summed E-state index contributed by atoms with van der Waals surface area (Å²) in [5.41, 5.74) is 0.905. The van der Waals surface area contributed by atoms with Crippen molar-refractivity contribution in [1.29, 1.82) is 0 Å². The third kappa shape index (κ3) is 3.98. The molecule has 1 aromatic carbocycles. The van der Waals surface area contributed by atoms with E-state index in [0.29, 0.717) is 12.6 Å². The zero-order valence-corrected chi connectivity index (χ0v) is 14.6. The molecule has 24 heavy (non-hydrogen) atoms. The van der Waals surface area contributed by atoms with Gasteiger partial charge in [-0.25, -0.2) is 4.39 Å². The van der Waals surface area contributed by atoms with Crippen molar-refractivity contribution in [2.45, 2.75) is 31.8 Å². The number of hydrogen-bond acceptors (Lipinski definition) is 3. The van der Waals surface area contributed by atoms with Crippen molar-refractivity contribution in [3.8, 4) is 5.75 Å². The van der Waals surface area contributed by atoms with E-state index < -0.39 is 0 Å². The van der Waals surface area contributed by atoms with Crippen LogP contribution in [-0.2, 0) is 6.54 Å². The number of nitrogens with zero attached hydrogens (tertiary/aromatic N) is 3. The number of aliphatic imine (C=N–C) groups is 1. The molecular weight excluding hydrogens is 307 g/mol. The topological polar surface area (TPSA) is 40.1 Å². The summed E-state index contributed by atoms with van der Waals surface area (Å²) in [5, 5.41) is 3.55. The first-order valence-corrected chi connectivity index (χ1v) is 8.72. The van der Waals surface area contributed by atoms with E-state index in [1.807, 2.05) is 7.05 Å². The Morgan fingerprint density at radius 2 is 2.04 bits per heavy atom. The van der Waals surface area contributed by atoms with Crippen LogP contribution in [0, 0.1) is 5.82 Å². The second kappa shape index (κ2) is 7.83. The molecule has 0 unspecified atom stereocenters. The lowest BCUT2D eigenvalue weighted by atomic mass is 9.93.